The van der Waals surface area contributed by atoms with Gasteiger partial charge in [-0.15, -0.1) is 0 Å². The maximum atomic E-state index is 13.1. The first-order valence-corrected chi connectivity index (χ1v) is 11.9. The molecule has 0 spiro atoms. The summed E-state index contributed by atoms with van der Waals surface area (Å²) < 4.78 is 18.9. The highest BCUT2D eigenvalue weighted by Gasteiger charge is 2.39. The van der Waals surface area contributed by atoms with E-state index in [0.717, 1.165) is 17.4 Å². The van der Waals surface area contributed by atoms with E-state index >= 15 is 0 Å². The van der Waals surface area contributed by atoms with Crippen molar-refractivity contribution in [2.75, 3.05) is 0 Å². The molecule has 4 nitrogen and oxygen atoms in total. The molecule has 0 bridgehead atoms. The van der Waals surface area contributed by atoms with Crippen LogP contribution in [0.25, 0.3) is 11.0 Å². The molecule has 2 aromatic carbocycles. The lowest BCUT2D eigenvalue weighted by Gasteiger charge is -2.41. The van der Waals surface area contributed by atoms with E-state index in [4.69, 9.17) is 13.9 Å². The Morgan fingerprint density at radius 3 is 2.50 bits per heavy atom. The molecule has 4 heteroatoms. The molecule has 1 aliphatic heterocycles. The summed E-state index contributed by atoms with van der Waals surface area (Å²) in [5.41, 5.74) is 1.92. The van der Waals surface area contributed by atoms with Crippen LogP contribution in [0.15, 0.2) is 63.8 Å². The molecule has 0 amide bonds. The minimum Gasteiger partial charge on any atom is -0.464 e. The van der Waals surface area contributed by atoms with E-state index in [9.17, 15) is 4.79 Å². The number of rotatable bonds is 4. The highest BCUT2D eigenvalue weighted by molar-refractivity contribution is 5.85. The highest BCUT2D eigenvalue weighted by atomic mass is 16.7. The zero-order chi connectivity index (χ0) is 22.2. The maximum Gasteiger partial charge on any atom is 0.343 e. The fourth-order valence-corrected chi connectivity index (χ4v) is 5.59. The standard InChI is InChI=1S/C28H32O4/c1-17(2)20-14-13-18(3)15-24(20)30-25-16-22(19-9-5-4-6-10-19)26-27(32-25)21-11-7-8-12-23(21)31-28(26)29/h4-12,17-18,20,22,24-25H,13-16H2,1-3H3/t18?,20?,22-,24?,25+/m1/s1. The molecule has 5 rings (SSSR count). The fraction of sp³-hybridized carbons (Fsp3) is 0.464. The Balaban J connectivity index is 1.56. The Bertz CT molecular complexity index is 1130. The monoisotopic (exact) mass is 432 g/mol. The van der Waals surface area contributed by atoms with Crippen molar-refractivity contribution in [2.24, 2.45) is 17.8 Å². The molecule has 3 unspecified atom stereocenters. The first-order valence-electron chi connectivity index (χ1n) is 11.9. The van der Waals surface area contributed by atoms with Gasteiger partial charge >= 0.3 is 5.63 Å². The Morgan fingerprint density at radius 2 is 1.72 bits per heavy atom. The molecule has 0 saturated heterocycles. The quantitative estimate of drug-likeness (QED) is 0.441. The second-order valence-corrected chi connectivity index (χ2v) is 9.88. The molecule has 1 saturated carbocycles. The van der Waals surface area contributed by atoms with Crippen molar-refractivity contribution in [1.82, 2.24) is 0 Å². The summed E-state index contributed by atoms with van der Waals surface area (Å²) in [4.78, 5) is 13.1. The van der Waals surface area contributed by atoms with E-state index in [1.54, 1.807) is 0 Å². The predicted molar refractivity (Wildman–Crippen MR) is 126 cm³/mol. The lowest BCUT2D eigenvalue weighted by atomic mass is 9.75. The van der Waals surface area contributed by atoms with Crippen LogP contribution in [0.3, 0.4) is 0 Å². The Labute approximate surface area is 189 Å². The van der Waals surface area contributed by atoms with Crippen molar-refractivity contribution in [3.8, 4) is 5.75 Å². The van der Waals surface area contributed by atoms with Gasteiger partial charge in [0, 0.05) is 12.3 Å². The Hall–Kier alpha value is -2.59. The molecule has 3 aromatic rings. The molecule has 5 atom stereocenters. The van der Waals surface area contributed by atoms with E-state index in [0.29, 0.717) is 41.1 Å². The SMILES string of the molecule is CC1CCC(C(C)C)C(O[C@@H]2C[C@H](c3ccccc3)c3c(c4ccccc4oc3=O)O2)C1. The normalized spacial score (nSPS) is 27.8. The molecule has 1 aliphatic carbocycles. The third-order valence-corrected chi connectivity index (χ3v) is 7.31. The summed E-state index contributed by atoms with van der Waals surface area (Å²) in [6, 6.07) is 17.8. The van der Waals surface area contributed by atoms with Crippen LogP contribution in [-0.4, -0.2) is 12.4 Å². The smallest absolute Gasteiger partial charge is 0.343 e. The Morgan fingerprint density at radius 1 is 0.969 bits per heavy atom. The van der Waals surface area contributed by atoms with Gasteiger partial charge in [-0.25, -0.2) is 4.79 Å². The highest BCUT2D eigenvalue weighted by Crippen LogP contribution is 2.44. The lowest BCUT2D eigenvalue weighted by Crippen LogP contribution is -2.41. The summed E-state index contributed by atoms with van der Waals surface area (Å²) in [5, 5.41) is 0.828. The maximum absolute atomic E-state index is 13.1. The Kier molecular flexibility index (Phi) is 5.81. The first-order chi connectivity index (χ1) is 15.5. The average molecular weight is 433 g/mol. The number of benzene rings is 2. The lowest BCUT2D eigenvalue weighted by molar-refractivity contribution is -0.163. The molecule has 2 aliphatic rings. The van der Waals surface area contributed by atoms with Crippen LogP contribution in [0.4, 0.5) is 0 Å². The second-order valence-electron chi connectivity index (χ2n) is 9.88. The topological polar surface area (TPSA) is 48.7 Å². The third-order valence-electron chi connectivity index (χ3n) is 7.31. The summed E-state index contributed by atoms with van der Waals surface area (Å²) in [5.74, 6) is 2.25. The van der Waals surface area contributed by atoms with Gasteiger partial charge in [-0.05, 0) is 48.3 Å². The van der Waals surface area contributed by atoms with Crippen LogP contribution >= 0.6 is 0 Å². The number of para-hydroxylation sites is 1. The van der Waals surface area contributed by atoms with Crippen LogP contribution in [0, 0.1) is 17.8 Å². The van der Waals surface area contributed by atoms with Gasteiger partial charge in [0.1, 0.15) is 11.3 Å². The van der Waals surface area contributed by atoms with Crippen molar-refractivity contribution >= 4 is 11.0 Å². The first kappa shape index (κ1) is 21.3. The molecule has 32 heavy (non-hydrogen) atoms. The summed E-state index contributed by atoms with van der Waals surface area (Å²) in [7, 11) is 0. The second kappa shape index (κ2) is 8.74. The summed E-state index contributed by atoms with van der Waals surface area (Å²) in [6.07, 6.45) is 3.90. The van der Waals surface area contributed by atoms with Crippen molar-refractivity contribution in [3.63, 3.8) is 0 Å². The third kappa shape index (κ3) is 3.97. The van der Waals surface area contributed by atoms with E-state index in [1.165, 1.54) is 12.8 Å². The van der Waals surface area contributed by atoms with E-state index in [-0.39, 0.29) is 17.6 Å². The van der Waals surface area contributed by atoms with Crippen molar-refractivity contribution in [3.05, 3.63) is 76.1 Å². The molecule has 0 N–H and O–H groups in total. The molecular weight excluding hydrogens is 400 g/mol. The van der Waals surface area contributed by atoms with Gasteiger partial charge in [0.25, 0.3) is 0 Å². The summed E-state index contributed by atoms with van der Waals surface area (Å²) in [6.45, 7) is 6.90. The molecule has 1 fully saturated rings. The largest absolute Gasteiger partial charge is 0.464 e. The fourth-order valence-electron chi connectivity index (χ4n) is 5.59. The van der Waals surface area contributed by atoms with Crippen molar-refractivity contribution < 1.29 is 13.9 Å². The van der Waals surface area contributed by atoms with Gasteiger partial charge in [-0.2, -0.15) is 0 Å². The molecule has 0 radical (unpaired) electrons. The average Bonchev–Trinajstić information content (AvgIpc) is 2.79. The van der Waals surface area contributed by atoms with Gasteiger partial charge in [0.15, 0.2) is 0 Å². The van der Waals surface area contributed by atoms with Gasteiger partial charge in [0.05, 0.1) is 17.1 Å². The predicted octanol–water partition coefficient (Wildman–Crippen LogP) is 6.51. The van der Waals surface area contributed by atoms with E-state index in [1.807, 2.05) is 42.5 Å². The van der Waals surface area contributed by atoms with Crippen LogP contribution in [0.2, 0.25) is 0 Å². The van der Waals surface area contributed by atoms with Crippen LogP contribution < -0.4 is 10.4 Å². The zero-order valence-electron chi connectivity index (χ0n) is 19.1. The molecule has 2 heterocycles. The van der Waals surface area contributed by atoms with E-state index < -0.39 is 6.29 Å². The summed E-state index contributed by atoms with van der Waals surface area (Å²) >= 11 is 0. The van der Waals surface area contributed by atoms with E-state index in [2.05, 4.69) is 32.9 Å². The number of hydrogen-bond donors (Lipinski definition) is 0. The minimum absolute atomic E-state index is 0.121. The van der Waals surface area contributed by atoms with Gasteiger partial charge in [0.2, 0.25) is 6.29 Å². The van der Waals surface area contributed by atoms with Crippen molar-refractivity contribution in [2.45, 2.75) is 64.8 Å². The van der Waals surface area contributed by atoms with Crippen LogP contribution in [0.5, 0.6) is 5.75 Å². The molecule has 1 aromatic heterocycles. The van der Waals surface area contributed by atoms with Gasteiger partial charge in [-0.3, -0.25) is 0 Å². The van der Waals surface area contributed by atoms with Crippen LogP contribution in [-0.2, 0) is 4.74 Å². The number of ether oxygens (including phenoxy) is 2. The van der Waals surface area contributed by atoms with Gasteiger partial charge in [-0.1, -0.05) is 69.7 Å². The minimum atomic E-state index is -0.394. The number of fused-ring (bicyclic) bond motifs is 3. The molecular formula is C28H32O4. The molecule has 168 valence electrons. The van der Waals surface area contributed by atoms with Gasteiger partial charge < -0.3 is 13.9 Å². The van der Waals surface area contributed by atoms with Crippen molar-refractivity contribution in [1.29, 1.82) is 0 Å². The number of hydrogen-bond acceptors (Lipinski definition) is 4. The zero-order valence-corrected chi connectivity index (χ0v) is 19.1. The van der Waals surface area contributed by atoms with Crippen LogP contribution in [0.1, 0.15) is 63.5 Å².